The van der Waals surface area contributed by atoms with E-state index in [0.29, 0.717) is 0 Å². The Kier molecular flexibility index (Phi) is 2.10. The van der Waals surface area contributed by atoms with Gasteiger partial charge in [0.15, 0.2) is 11.2 Å². The normalized spacial score (nSPS) is 10.2. The van der Waals surface area contributed by atoms with Crippen molar-refractivity contribution in [3.8, 4) is 0 Å². The molecule has 0 aliphatic rings. The summed E-state index contributed by atoms with van der Waals surface area (Å²) in [5, 5.41) is 0. The Bertz CT molecular complexity index is 771. The maximum absolute atomic E-state index is 11.6. The summed E-state index contributed by atoms with van der Waals surface area (Å²) in [6.45, 7) is 6.70. The van der Waals surface area contributed by atoms with Crippen LogP contribution in [0.1, 0.15) is 0 Å². The smallest absolute Gasteiger partial charge is 0.300 e. The van der Waals surface area contributed by atoms with Crippen LogP contribution in [0, 0.1) is 6.57 Å². The van der Waals surface area contributed by atoms with Gasteiger partial charge < -0.3 is 0 Å². The first kappa shape index (κ1) is 10.1. The van der Waals surface area contributed by atoms with E-state index in [2.05, 4.69) is 32.6 Å². The van der Waals surface area contributed by atoms with Gasteiger partial charge in [-0.1, -0.05) is 12.8 Å². The Morgan fingerprint density at radius 3 is 2.56 bits per heavy atom. The first-order valence-electron chi connectivity index (χ1n) is 3.88. The molecular weight excluding hydrogens is 236 g/mol. The fraction of sp³-hybridized carbons (Fsp3) is 0. The summed E-state index contributed by atoms with van der Waals surface area (Å²) in [6.07, 6.45) is 0. The van der Waals surface area contributed by atoms with E-state index < -0.39 is 16.9 Å². The van der Waals surface area contributed by atoms with E-state index >= 15 is 0 Å². The zero-order valence-corrected chi connectivity index (χ0v) is 8.41. The third kappa shape index (κ3) is 1.15. The third-order valence-corrected chi connectivity index (χ3v) is 2.11. The fourth-order valence-corrected chi connectivity index (χ4v) is 1.45. The van der Waals surface area contributed by atoms with Gasteiger partial charge in [0.05, 0.1) is 4.68 Å². The molecule has 0 saturated carbocycles. The van der Waals surface area contributed by atoms with E-state index in [-0.39, 0.29) is 15.8 Å². The van der Waals surface area contributed by atoms with Crippen LogP contribution in [-0.4, -0.2) is 19.3 Å². The van der Waals surface area contributed by atoms with Crippen molar-refractivity contribution >= 4 is 24.0 Å². The minimum Gasteiger partial charge on any atom is -0.300 e. The number of rotatable bonds is 1. The molecule has 2 heterocycles. The van der Waals surface area contributed by atoms with Crippen molar-refractivity contribution in [3.63, 3.8) is 0 Å². The summed E-state index contributed by atoms with van der Waals surface area (Å²) >= 11 is 3.64. The third-order valence-electron chi connectivity index (χ3n) is 1.91. The lowest BCUT2D eigenvalue weighted by Gasteiger charge is -2.02. The molecular formula is C6H4N6O3S. The van der Waals surface area contributed by atoms with E-state index in [1.165, 1.54) is 0 Å². The van der Waals surface area contributed by atoms with Crippen molar-refractivity contribution < 1.29 is 0 Å². The molecule has 2 aromatic heterocycles. The molecule has 16 heavy (non-hydrogen) atoms. The van der Waals surface area contributed by atoms with Gasteiger partial charge in [-0.2, -0.15) is 11.2 Å². The van der Waals surface area contributed by atoms with Crippen LogP contribution in [0.2, 0.25) is 0 Å². The molecule has 9 nitrogen and oxygen atoms in total. The van der Waals surface area contributed by atoms with E-state index in [1.807, 2.05) is 0 Å². The zero-order valence-electron chi connectivity index (χ0n) is 7.51. The van der Waals surface area contributed by atoms with Gasteiger partial charge in [0.2, 0.25) is 0 Å². The van der Waals surface area contributed by atoms with Gasteiger partial charge in [-0.05, 0) is 0 Å². The number of hydrogen-bond acceptors (Lipinski definition) is 5. The number of fused-ring (bicyclic) bond motifs is 1. The molecule has 82 valence electrons. The molecule has 0 unspecified atom stereocenters. The number of hydrogen-bond donors (Lipinski definition) is 4. The molecule has 0 fully saturated rings. The van der Waals surface area contributed by atoms with Crippen LogP contribution >= 0.6 is 12.8 Å². The van der Waals surface area contributed by atoms with Gasteiger partial charge in [-0.3, -0.25) is 19.6 Å². The van der Waals surface area contributed by atoms with Crippen LogP contribution < -0.4 is 21.8 Å². The Labute approximate surface area is 91.6 Å². The summed E-state index contributed by atoms with van der Waals surface area (Å²) in [6, 6.07) is 0. The molecule has 0 aliphatic carbocycles. The van der Waals surface area contributed by atoms with Crippen LogP contribution in [-0.2, 0) is 0 Å². The van der Waals surface area contributed by atoms with Crippen molar-refractivity contribution in [1.29, 1.82) is 0 Å². The van der Waals surface area contributed by atoms with Crippen molar-refractivity contribution in [2.45, 2.75) is 0 Å². The highest BCUT2D eigenvalue weighted by atomic mass is 32.1. The van der Waals surface area contributed by atoms with E-state index in [9.17, 15) is 14.4 Å². The van der Waals surface area contributed by atoms with Gasteiger partial charge in [-0.25, -0.2) is 9.59 Å². The number of aromatic amines is 2. The lowest BCUT2D eigenvalue weighted by molar-refractivity contribution is 0.801. The molecule has 2 rings (SSSR count). The highest BCUT2D eigenvalue weighted by Gasteiger charge is 2.18. The first-order valence-corrected chi connectivity index (χ1v) is 4.32. The van der Waals surface area contributed by atoms with Gasteiger partial charge in [0.25, 0.3) is 0 Å². The average molecular weight is 240 g/mol. The molecule has 0 aromatic carbocycles. The lowest BCUT2D eigenvalue weighted by Crippen LogP contribution is -2.39. The summed E-state index contributed by atoms with van der Waals surface area (Å²) in [5.74, 6) is 0. The highest BCUT2D eigenvalue weighted by molar-refractivity contribution is 7.81. The van der Waals surface area contributed by atoms with Crippen LogP contribution in [0.3, 0.4) is 0 Å². The van der Waals surface area contributed by atoms with Crippen molar-refractivity contribution in [1.82, 2.24) is 19.3 Å². The standard InChI is InChI=1S/C6H4N6O3S/c1-7-12-4(13)2-3(9-5(14)8-2)11(10-16)6(12)15/h10,16H,(H2,8,9,14). The minimum absolute atomic E-state index is 0.0742. The van der Waals surface area contributed by atoms with Crippen molar-refractivity contribution in [2.24, 2.45) is 0 Å². The summed E-state index contributed by atoms with van der Waals surface area (Å²) in [7, 11) is 0. The monoisotopic (exact) mass is 240 g/mol. The molecule has 0 bridgehead atoms. The Morgan fingerprint density at radius 1 is 1.31 bits per heavy atom. The van der Waals surface area contributed by atoms with Crippen LogP contribution in [0.15, 0.2) is 14.4 Å². The Hall–Kier alpha value is -2.41. The van der Waals surface area contributed by atoms with Crippen LogP contribution in [0.25, 0.3) is 16.1 Å². The van der Waals surface area contributed by atoms with Gasteiger partial charge in [-0.15, -0.1) is 4.95 Å². The maximum Gasteiger partial charge on any atom is 0.420 e. The number of nitrogens with zero attached hydrogens (tertiary/aromatic N) is 3. The number of nitrogens with one attached hydrogen (secondary N) is 3. The molecule has 0 spiro atoms. The molecule has 0 saturated heterocycles. The largest absolute Gasteiger partial charge is 0.420 e. The van der Waals surface area contributed by atoms with Gasteiger partial charge >= 0.3 is 16.9 Å². The quantitative estimate of drug-likeness (QED) is 0.350. The second-order valence-electron chi connectivity index (χ2n) is 2.74. The molecule has 2 aromatic rings. The minimum atomic E-state index is -0.947. The molecule has 3 N–H and O–H groups in total. The molecule has 0 radical (unpaired) electrons. The number of thiol groups is 1. The molecule has 0 amide bonds. The number of aromatic nitrogens is 4. The topological polar surface area (TPSA) is 109 Å². The van der Waals surface area contributed by atoms with Crippen LogP contribution in [0.5, 0.6) is 0 Å². The lowest BCUT2D eigenvalue weighted by atomic mass is 10.5. The van der Waals surface area contributed by atoms with Crippen molar-refractivity contribution in [3.05, 3.63) is 42.8 Å². The average Bonchev–Trinajstić information content (AvgIpc) is 2.62. The predicted octanol–water partition coefficient (Wildman–Crippen LogP) is -1.75. The Balaban J connectivity index is 3.20. The second kappa shape index (κ2) is 3.31. The summed E-state index contributed by atoms with van der Waals surface area (Å²) in [5.41, 5.74) is -2.76. The zero-order chi connectivity index (χ0) is 11.9. The molecule has 0 atom stereocenters. The van der Waals surface area contributed by atoms with Gasteiger partial charge in [0.1, 0.15) is 0 Å². The summed E-state index contributed by atoms with van der Waals surface area (Å²) in [4.78, 5) is 43.4. The summed E-state index contributed by atoms with van der Waals surface area (Å²) < 4.78 is 1.03. The van der Waals surface area contributed by atoms with Gasteiger partial charge in [0, 0.05) is 0 Å². The number of imidazole rings is 1. The maximum atomic E-state index is 11.6. The molecule has 0 aliphatic heterocycles. The molecule has 10 heteroatoms. The highest BCUT2D eigenvalue weighted by Crippen LogP contribution is 1.96. The van der Waals surface area contributed by atoms with E-state index in [4.69, 9.17) is 6.57 Å². The fourth-order valence-electron chi connectivity index (χ4n) is 1.26. The first-order chi connectivity index (χ1) is 7.60. The van der Waals surface area contributed by atoms with E-state index in [1.54, 1.807) is 0 Å². The van der Waals surface area contributed by atoms with Crippen LogP contribution in [0.4, 0.5) is 0 Å². The predicted molar refractivity (Wildman–Crippen MR) is 57.8 cm³/mol. The second-order valence-corrected chi connectivity index (χ2v) is 2.94. The SMILES string of the molecule is [C-]#[N+]n1c(=O)c2[nH]c(=O)[nH]c2n(NS)c1=O. The Morgan fingerprint density at radius 2 is 2.00 bits per heavy atom. The number of H-pyrrole nitrogens is 2. The van der Waals surface area contributed by atoms with E-state index in [0.717, 1.165) is 4.68 Å². The van der Waals surface area contributed by atoms with Crippen molar-refractivity contribution in [2.75, 3.05) is 4.83 Å².